The Labute approximate surface area is 107 Å². The number of rotatable bonds is 4. The third kappa shape index (κ3) is 4.37. The van der Waals surface area contributed by atoms with Gasteiger partial charge in [-0.3, -0.25) is 4.90 Å². The average Bonchev–Trinajstić information content (AvgIpc) is 2.68. The van der Waals surface area contributed by atoms with Gasteiger partial charge in [0.2, 0.25) is 0 Å². The molecule has 17 heavy (non-hydrogen) atoms. The predicted molar refractivity (Wildman–Crippen MR) is 69.8 cm³/mol. The van der Waals surface area contributed by atoms with Crippen molar-refractivity contribution in [2.45, 2.75) is 19.4 Å². The zero-order valence-corrected chi connectivity index (χ0v) is 11.6. The zero-order valence-electron chi connectivity index (χ0n) is 10.0. The fourth-order valence-electron chi connectivity index (χ4n) is 2.38. The van der Waals surface area contributed by atoms with Gasteiger partial charge in [0, 0.05) is 24.4 Å². The molecule has 6 heteroatoms. The maximum absolute atomic E-state index is 11.3. The average molecular weight is 274 g/mol. The molecule has 1 fully saturated rings. The van der Waals surface area contributed by atoms with Crippen LogP contribution >= 0.6 is 11.3 Å². The summed E-state index contributed by atoms with van der Waals surface area (Å²) >= 11 is 1.66. The van der Waals surface area contributed by atoms with Gasteiger partial charge < -0.3 is 0 Å². The molecule has 2 rings (SSSR count). The van der Waals surface area contributed by atoms with Gasteiger partial charge in [0.25, 0.3) is 0 Å². The van der Waals surface area contributed by atoms with Gasteiger partial charge in [-0.2, -0.15) is 0 Å². The molecule has 1 aromatic heterocycles. The Balaban J connectivity index is 1.89. The highest BCUT2D eigenvalue weighted by molar-refractivity contribution is 7.90. The summed E-state index contributed by atoms with van der Waals surface area (Å²) in [5, 5.41) is 3.10. The van der Waals surface area contributed by atoms with E-state index in [2.05, 4.69) is 9.88 Å². The number of aromatic nitrogens is 1. The highest BCUT2D eigenvalue weighted by Gasteiger charge is 2.23. The van der Waals surface area contributed by atoms with E-state index in [1.807, 2.05) is 11.6 Å². The van der Waals surface area contributed by atoms with E-state index in [0.717, 1.165) is 37.5 Å². The van der Waals surface area contributed by atoms with E-state index in [9.17, 15) is 8.42 Å². The maximum Gasteiger partial charge on any atom is 0.147 e. The number of likely N-dealkylation sites (tertiary alicyclic amines) is 1. The van der Waals surface area contributed by atoms with Crippen LogP contribution in [0.4, 0.5) is 0 Å². The summed E-state index contributed by atoms with van der Waals surface area (Å²) in [5.74, 6) is 0.611. The second-order valence-corrected chi connectivity index (χ2v) is 7.93. The van der Waals surface area contributed by atoms with Crippen molar-refractivity contribution in [3.63, 3.8) is 0 Å². The lowest BCUT2D eigenvalue weighted by molar-refractivity contribution is 0.177. The molecule has 2 heterocycles. The number of thiazole rings is 1. The van der Waals surface area contributed by atoms with Crippen LogP contribution in [0, 0.1) is 5.92 Å². The number of piperidine rings is 1. The van der Waals surface area contributed by atoms with Crippen molar-refractivity contribution < 1.29 is 8.42 Å². The Morgan fingerprint density at radius 2 is 2.41 bits per heavy atom. The summed E-state index contributed by atoms with van der Waals surface area (Å²) in [4.78, 5) is 6.59. The second kappa shape index (κ2) is 5.46. The highest BCUT2D eigenvalue weighted by Crippen LogP contribution is 2.20. The van der Waals surface area contributed by atoms with Crippen molar-refractivity contribution >= 4 is 21.2 Å². The van der Waals surface area contributed by atoms with Gasteiger partial charge in [-0.1, -0.05) is 0 Å². The molecule has 1 saturated heterocycles. The van der Waals surface area contributed by atoms with Crippen molar-refractivity contribution in [1.82, 2.24) is 9.88 Å². The minimum absolute atomic E-state index is 0.290. The van der Waals surface area contributed by atoms with E-state index in [1.165, 1.54) is 6.26 Å². The standard InChI is InChI=1S/C11H18N2O2S2/c1-17(14,15)9-10-3-2-5-13(7-10)8-11-12-4-6-16-11/h4,6,10H,2-3,5,7-9H2,1H3/t10-/m1/s1. The summed E-state index contributed by atoms with van der Waals surface area (Å²) < 4.78 is 22.6. The smallest absolute Gasteiger partial charge is 0.147 e. The van der Waals surface area contributed by atoms with Crippen LogP contribution in [0.1, 0.15) is 17.8 Å². The molecule has 0 radical (unpaired) electrons. The van der Waals surface area contributed by atoms with Gasteiger partial charge >= 0.3 is 0 Å². The van der Waals surface area contributed by atoms with Crippen LogP contribution in [-0.2, 0) is 16.4 Å². The summed E-state index contributed by atoms with van der Waals surface area (Å²) in [6.07, 6.45) is 5.26. The summed E-state index contributed by atoms with van der Waals surface area (Å²) in [7, 11) is -2.85. The molecule has 0 saturated carbocycles. The van der Waals surface area contributed by atoms with Crippen molar-refractivity contribution in [3.8, 4) is 0 Å². The lowest BCUT2D eigenvalue weighted by atomic mass is 10.0. The van der Waals surface area contributed by atoms with E-state index in [-0.39, 0.29) is 0 Å². The van der Waals surface area contributed by atoms with E-state index in [1.54, 1.807) is 11.3 Å². The number of hydrogen-bond donors (Lipinski definition) is 0. The molecule has 0 bridgehead atoms. The molecule has 1 aromatic rings. The molecule has 96 valence electrons. The van der Waals surface area contributed by atoms with E-state index < -0.39 is 9.84 Å². The van der Waals surface area contributed by atoms with Crippen LogP contribution in [0.15, 0.2) is 11.6 Å². The van der Waals surface area contributed by atoms with Crippen molar-refractivity contribution in [1.29, 1.82) is 0 Å². The zero-order chi connectivity index (χ0) is 12.3. The quantitative estimate of drug-likeness (QED) is 0.833. The van der Waals surface area contributed by atoms with Gasteiger partial charge in [0.1, 0.15) is 14.8 Å². The molecular weight excluding hydrogens is 256 g/mol. The van der Waals surface area contributed by atoms with Crippen LogP contribution in [0.3, 0.4) is 0 Å². The monoisotopic (exact) mass is 274 g/mol. The molecule has 1 aliphatic rings. The minimum atomic E-state index is -2.85. The summed E-state index contributed by atoms with van der Waals surface area (Å²) in [5.41, 5.74) is 0. The maximum atomic E-state index is 11.3. The van der Waals surface area contributed by atoms with Gasteiger partial charge in [-0.05, 0) is 25.3 Å². The predicted octanol–water partition coefficient (Wildman–Crippen LogP) is 1.40. The highest BCUT2D eigenvalue weighted by atomic mass is 32.2. The lowest BCUT2D eigenvalue weighted by Gasteiger charge is -2.31. The number of nitrogens with zero attached hydrogens (tertiary/aromatic N) is 2. The number of sulfone groups is 1. The lowest BCUT2D eigenvalue weighted by Crippen LogP contribution is -2.37. The van der Waals surface area contributed by atoms with Crippen LogP contribution < -0.4 is 0 Å². The topological polar surface area (TPSA) is 50.3 Å². The van der Waals surface area contributed by atoms with E-state index >= 15 is 0 Å². The molecule has 4 nitrogen and oxygen atoms in total. The van der Waals surface area contributed by atoms with Crippen LogP contribution in [0.25, 0.3) is 0 Å². The van der Waals surface area contributed by atoms with Crippen molar-refractivity contribution in [2.75, 3.05) is 25.1 Å². The van der Waals surface area contributed by atoms with Crippen LogP contribution in [0.5, 0.6) is 0 Å². The minimum Gasteiger partial charge on any atom is -0.296 e. The van der Waals surface area contributed by atoms with Crippen molar-refractivity contribution in [3.05, 3.63) is 16.6 Å². The first kappa shape index (κ1) is 13.0. The summed E-state index contributed by atoms with van der Waals surface area (Å²) in [6.45, 7) is 2.80. The van der Waals surface area contributed by atoms with Crippen molar-refractivity contribution in [2.24, 2.45) is 5.92 Å². The van der Waals surface area contributed by atoms with E-state index in [0.29, 0.717) is 11.7 Å². The normalized spacial score (nSPS) is 22.8. The van der Waals surface area contributed by atoms with Crippen LogP contribution in [-0.4, -0.2) is 43.4 Å². The molecule has 0 unspecified atom stereocenters. The molecule has 0 N–H and O–H groups in total. The fraction of sp³-hybridized carbons (Fsp3) is 0.727. The molecule has 1 atom stereocenters. The van der Waals surface area contributed by atoms with E-state index in [4.69, 9.17) is 0 Å². The number of hydrogen-bond acceptors (Lipinski definition) is 5. The molecule has 0 aromatic carbocycles. The van der Waals surface area contributed by atoms with Gasteiger partial charge in [-0.25, -0.2) is 13.4 Å². The van der Waals surface area contributed by atoms with Gasteiger partial charge in [0.15, 0.2) is 0 Å². The summed E-state index contributed by atoms with van der Waals surface area (Å²) in [6, 6.07) is 0. The van der Waals surface area contributed by atoms with Gasteiger partial charge in [-0.15, -0.1) is 11.3 Å². The first-order valence-corrected chi connectivity index (χ1v) is 8.75. The Morgan fingerprint density at radius 1 is 1.59 bits per heavy atom. The second-order valence-electron chi connectivity index (χ2n) is 4.76. The Hall–Kier alpha value is -0.460. The SMILES string of the molecule is CS(=O)(=O)C[C@@H]1CCCN(Cc2nccs2)C1. The Kier molecular flexibility index (Phi) is 4.17. The molecule has 1 aliphatic heterocycles. The molecule has 0 amide bonds. The third-order valence-electron chi connectivity index (χ3n) is 2.98. The Bertz CT molecular complexity index is 442. The molecular formula is C11H18N2O2S2. The van der Waals surface area contributed by atoms with Gasteiger partial charge in [0.05, 0.1) is 12.3 Å². The third-order valence-corrected chi connectivity index (χ3v) is 4.83. The van der Waals surface area contributed by atoms with Crippen LogP contribution in [0.2, 0.25) is 0 Å². The Morgan fingerprint density at radius 3 is 3.06 bits per heavy atom. The first-order chi connectivity index (χ1) is 8.03. The molecule has 0 spiro atoms. The largest absolute Gasteiger partial charge is 0.296 e. The first-order valence-electron chi connectivity index (χ1n) is 5.81. The molecule has 0 aliphatic carbocycles. The fourth-order valence-corrected chi connectivity index (χ4v) is 4.17.